The van der Waals surface area contributed by atoms with Crippen LogP contribution in [-0.2, 0) is 7.05 Å². The van der Waals surface area contributed by atoms with Crippen LogP contribution in [0.25, 0.3) is 6.20 Å². The van der Waals surface area contributed by atoms with Crippen LogP contribution < -0.4 is 5.69 Å². The van der Waals surface area contributed by atoms with Gasteiger partial charge in [0.1, 0.15) is 6.33 Å². The second kappa shape index (κ2) is 4.85. The Balaban J connectivity index is 2.06. The molecule has 5 heteroatoms. The first kappa shape index (κ1) is 10.8. The molecule has 0 aliphatic heterocycles. The fourth-order valence-corrected chi connectivity index (χ4v) is 1.84. The SMILES string of the molecule is Cn1ncn(/C=C/Sc2ccccc2)c1=O. The zero-order chi connectivity index (χ0) is 11.4. The lowest BCUT2D eigenvalue weighted by molar-refractivity contribution is 0.729. The molecule has 4 nitrogen and oxygen atoms in total. The van der Waals surface area contributed by atoms with Crippen LogP contribution in [0.1, 0.15) is 0 Å². The van der Waals surface area contributed by atoms with Gasteiger partial charge >= 0.3 is 5.69 Å². The van der Waals surface area contributed by atoms with E-state index in [0.29, 0.717) is 0 Å². The van der Waals surface area contributed by atoms with E-state index in [1.165, 1.54) is 15.6 Å². The Hall–Kier alpha value is -1.75. The minimum absolute atomic E-state index is 0.148. The maximum absolute atomic E-state index is 11.4. The molecular weight excluding hydrogens is 222 g/mol. The molecular formula is C11H11N3OS. The molecule has 1 heterocycles. The Morgan fingerprint density at radius 1 is 1.31 bits per heavy atom. The molecule has 0 bridgehead atoms. The molecule has 0 aliphatic carbocycles. The van der Waals surface area contributed by atoms with E-state index in [0.717, 1.165) is 4.90 Å². The maximum Gasteiger partial charge on any atom is 0.349 e. The van der Waals surface area contributed by atoms with Gasteiger partial charge in [0.2, 0.25) is 0 Å². The van der Waals surface area contributed by atoms with Gasteiger partial charge in [-0.15, -0.1) is 0 Å². The zero-order valence-electron chi connectivity index (χ0n) is 8.78. The molecule has 2 rings (SSSR count). The number of hydrogen-bond acceptors (Lipinski definition) is 3. The summed E-state index contributed by atoms with van der Waals surface area (Å²) >= 11 is 1.56. The molecule has 0 unspecified atom stereocenters. The van der Waals surface area contributed by atoms with E-state index in [2.05, 4.69) is 5.10 Å². The first-order valence-electron chi connectivity index (χ1n) is 4.76. The van der Waals surface area contributed by atoms with Crippen molar-refractivity contribution in [1.82, 2.24) is 14.3 Å². The molecule has 0 N–H and O–H groups in total. The molecule has 0 saturated heterocycles. The van der Waals surface area contributed by atoms with Crippen molar-refractivity contribution >= 4 is 18.0 Å². The Morgan fingerprint density at radius 2 is 2.06 bits per heavy atom. The van der Waals surface area contributed by atoms with Crippen LogP contribution in [0.3, 0.4) is 0 Å². The third kappa shape index (κ3) is 2.43. The van der Waals surface area contributed by atoms with E-state index in [1.807, 2.05) is 35.7 Å². The van der Waals surface area contributed by atoms with Gasteiger partial charge in [0, 0.05) is 18.1 Å². The summed E-state index contributed by atoms with van der Waals surface area (Å²) in [6.45, 7) is 0. The van der Waals surface area contributed by atoms with Gasteiger partial charge in [-0.3, -0.25) is 4.57 Å². The van der Waals surface area contributed by atoms with Gasteiger partial charge in [-0.05, 0) is 17.5 Å². The number of aryl methyl sites for hydroxylation is 1. The second-order valence-electron chi connectivity index (χ2n) is 3.16. The fourth-order valence-electron chi connectivity index (χ4n) is 1.17. The molecule has 0 fully saturated rings. The van der Waals surface area contributed by atoms with E-state index >= 15 is 0 Å². The van der Waals surface area contributed by atoms with Crippen LogP contribution in [0.15, 0.2) is 51.8 Å². The van der Waals surface area contributed by atoms with Crippen LogP contribution in [-0.4, -0.2) is 14.3 Å². The highest BCUT2D eigenvalue weighted by Gasteiger charge is 1.95. The van der Waals surface area contributed by atoms with Crippen molar-refractivity contribution in [3.05, 3.63) is 52.6 Å². The Morgan fingerprint density at radius 3 is 2.69 bits per heavy atom. The first-order valence-corrected chi connectivity index (χ1v) is 5.64. The third-order valence-corrected chi connectivity index (χ3v) is 2.82. The number of hydrogen-bond donors (Lipinski definition) is 0. The minimum atomic E-state index is -0.148. The predicted molar refractivity (Wildman–Crippen MR) is 65.1 cm³/mol. The minimum Gasteiger partial charge on any atom is -0.256 e. The smallest absolute Gasteiger partial charge is 0.256 e. The van der Waals surface area contributed by atoms with Crippen molar-refractivity contribution in [3.63, 3.8) is 0 Å². The number of aromatic nitrogens is 3. The van der Waals surface area contributed by atoms with Gasteiger partial charge in [0.15, 0.2) is 0 Å². The molecule has 0 radical (unpaired) electrons. The van der Waals surface area contributed by atoms with Crippen LogP contribution in [0, 0.1) is 0 Å². The average molecular weight is 233 g/mol. The summed E-state index contributed by atoms with van der Waals surface area (Å²) in [5.41, 5.74) is -0.148. The number of thioether (sulfide) groups is 1. The summed E-state index contributed by atoms with van der Waals surface area (Å²) < 4.78 is 2.73. The highest BCUT2D eigenvalue weighted by Crippen LogP contribution is 2.17. The number of benzene rings is 1. The van der Waals surface area contributed by atoms with Crippen LogP contribution in [0.2, 0.25) is 0 Å². The van der Waals surface area contributed by atoms with E-state index in [1.54, 1.807) is 25.0 Å². The highest BCUT2D eigenvalue weighted by molar-refractivity contribution is 8.02. The molecule has 0 saturated carbocycles. The molecule has 0 spiro atoms. The number of nitrogens with zero attached hydrogens (tertiary/aromatic N) is 3. The van der Waals surface area contributed by atoms with Crippen molar-refractivity contribution in [2.24, 2.45) is 7.05 Å². The summed E-state index contributed by atoms with van der Waals surface area (Å²) in [7, 11) is 1.62. The summed E-state index contributed by atoms with van der Waals surface area (Å²) in [4.78, 5) is 12.5. The molecule has 1 aromatic heterocycles. The van der Waals surface area contributed by atoms with Crippen molar-refractivity contribution in [2.45, 2.75) is 4.90 Å². The Bertz CT molecular complexity index is 542. The molecule has 2 aromatic rings. The fraction of sp³-hybridized carbons (Fsp3) is 0.0909. The normalized spacial score (nSPS) is 11.1. The van der Waals surface area contributed by atoms with Gasteiger partial charge in [0.05, 0.1) is 0 Å². The van der Waals surface area contributed by atoms with E-state index in [-0.39, 0.29) is 5.69 Å². The van der Waals surface area contributed by atoms with E-state index in [9.17, 15) is 4.79 Å². The van der Waals surface area contributed by atoms with Crippen molar-refractivity contribution in [3.8, 4) is 0 Å². The summed E-state index contributed by atoms with van der Waals surface area (Å²) in [5, 5.41) is 5.71. The van der Waals surface area contributed by atoms with Gasteiger partial charge in [-0.2, -0.15) is 5.10 Å². The van der Waals surface area contributed by atoms with Crippen molar-refractivity contribution in [2.75, 3.05) is 0 Å². The summed E-state index contributed by atoms with van der Waals surface area (Å²) in [5.74, 6) is 0. The van der Waals surface area contributed by atoms with Gasteiger partial charge in [-0.25, -0.2) is 9.48 Å². The Kier molecular flexibility index (Phi) is 3.26. The topological polar surface area (TPSA) is 39.8 Å². The molecule has 1 aromatic carbocycles. The quantitative estimate of drug-likeness (QED) is 0.759. The lowest BCUT2D eigenvalue weighted by atomic mass is 10.4. The largest absolute Gasteiger partial charge is 0.349 e. The average Bonchev–Trinajstić information content (AvgIpc) is 2.62. The standard InChI is InChI=1S/C11H11N3OS/c1-13-11(15)14(9-12-13)7-8-16-10-5-3-2-4-6-10/h2-9H,1H3/b8-7+. The molecule has 16 heavy (non-hydrogen) atoms. The van der Waals surface area contributed by atoms with E-state index in [4.69, 9.17) is 0 Å². The van der Waals surface area contributed by atoms with Crippen LogP contribution >= 0.6 is 11.8 Å². The second-order valence-corrected chi connectivity index (χ2v) is 4.14. The van der Waals surface area contributed by atoms with Crippen LogP contribution in [0.5, 0.6) is 0 Å². The van der Waals surface area contributed by atoms with Crippen molar-refractivity contribution in [1.29, 1.82) is 0 Å². The summed E-state index contributed by atoms with van der Waals surface area (Å²) in [6.07, 6.45) is 3.19. The molecule has 82 valence electrons. The van der Waals surface area contributed by atoms with Crippen LogP contribution in [0.4, 0.5) is 0 Å². The zero-order valence-corrected chi connectivity index (χ0v) is 9.59. The lowest BCUT2D eigenvalue weighted by Gasteiger charge is -1.93. The summed E-state index contributed by atoms with van der Waals surface area (Å²) in [6, 6.07) is 9.96. The molecule has 0 aliphatic rings. The first-order chi connectivity index (χ1) is 7.77. The highest BCUT2D eigenvalue weighted by atomic mass is 32.2. The Labute approximate surface area is 97.2 Å². The number of rotatable bonds is 3. The molecule has 0 amide bonds. The third-order valence-electron chi connectivity index (χ3n) is 2.02. The van der Waals surface area contributed by atoms with Gasteiger partial charge in [0.25, 0.3) is 0 Å². The van der Waals surface area contributed by atoms with Gasteiger partial charge in [-0.1, -0.05) is 30.0 Å². The molecule has 0 atom stereocenters. The predicted octanol–water partition coefficient (Wildman–Crippen LogP) is 1.80. The van der Waals surface area contributed by atoms with E-state index < -0.39 is 0 Å². The monoisotopic (exact) mass is 233 g/mol. The van der Waals surface area contributed by atoms with Gasteiger partial charge < -0.3 is 0 Å². The lowest BCUT2D eigenvalue weighted by Crippen LogP contribution is -2.19. The van der Waals surface area contributed by atoms with Crippen molar-refractivity contribution < 1.29 is 0 Å². The maximum atomic E-state index is 11.4.